The Labute approximate surface area is 135 Å². The summed E-state index contributed by atoms with van der Waals surface area (Å²) in [6.07, 6.45) is 2.10. The van der Waals surface area contributed by atoms with E-state index in [-0.39, 0.29) is 0 Å². The lowest BCUT2D eigenvalue weighted by Crippen LogP contribution is -2.38. The third-order valence-electron chi connectivity index (χ3n) is 4.03. The minimum Gasteiger partial charge on any atom is -0.482 e. The van der Waals surface area contributed by atoms with Gasteiger partial charge in [0, 0.05) is 11.6 Å². The average Bonchev–Trinajstić information content (AvgIpc) is 2.86. The van der Waals surface area contributed by atoms with Gasteiger partial charge in [-0.2, -0.15) is 0 Å². The van der Waals surface area contributed by atoms with Crippen LogP contribution in [0.2, 0.25) is 0 Å². The van der Waals surface area contributed by atoms with Crippen molar-refractivity contribution >= 4 is 5.97 Å². The molecule has 118 valence electrons. The van der Waals surface area contributed by atoms with E-state index in [0.717, 1.165) is 5.56 Å². The van der Waals surface area contributed by atoms with Crippen molar-refractivity contribution in [1.29, 1.82) is 0 Å². The summed E-state index contributed by atoms with van der Waals surface area (Å²) in [6.45, 7) is 1.96. The number of methoxy groups -OCH3 is 1. The lowest BCUT2D eigenvalue weighted by Gasteiger charge is -2.27. The number of rotatable bonds is 3. The largest absolute Gasteiger partial charge is 0.482 e. The summed E-state index contributed by atoms with van der Waals surface area (Å²) >= 11 is 0. The van der Waals surface area contributed by atoms with Crippen molar-refractivity contribution < 1.29 is 19.4 Å². The van der Waals surface area contributed by atoms with Crippen LogP contribution < -0.4 is 4.74 Å². The predicted octanol–water partition coefficient (Wildman–Crippen LogP) is 2.72. The smallest absolute Gasteiger partial charge is 0.330 e. The second-order valence-electron chi connectivity index (χ2n) is 5.55. The third kappa shape index (κ3) is 2.62. The number of benzene rings is 2. The van der Waals surface area contributed by atoms with Gasteiger partial charge in [0.25, 0.3) is 0 Å². The minimum absolute atomic E-state index is 0.490. The van der Waals surface area contributed by atoms with E-state index in [1.165, 1.54) is 19.3 Å². The van der Waals surface area contributed by atoms with Crippen LogP contribution >= 0.6 is 0 Å². The van der Waals surface area contributed by atoms with Crippen molar-refractivity contribution in [2.45, 2.75) is 18.6 Å². The number of aliphatic hydroxyl groups is 1. The molecule has 0 spiro atoms. The van der Waals surface area contributed by atoms with Gasteiger partial charge in [-0.05, 0) is 30.7 Å². The molecule has 1 aliphatic rings. The summed E-state index contributed by atoms with van der Waals surface area (Å²) in [4.78, 5) is 11.4. The topological polar surface area (TPSA) is 55.8 Å². The fourth-order valence-electron chi connectivity index (χ4n) is 2.84. The summed E-state index contributed by atoms with van der Waals surface area (Å²) < 4.78 is 10.5. The molecule has 0 saturated heterocycles. The molecule has 2 unspecified atom stereocenters. The molecule has 3 rings (SSSR count). The molecule has 0 amide bonds. The highest BCUT2D eigenvalue weighted by atomic mass is 16.5. The minimum atomic E-state index is -1.35. The SMILES string of the molecule is COC(=O)C=CC1Oc2ccc(C)cc2C1(O)c1ccccc1. The Morgan fingerprint density at radius 3 is 2.70 bits per heavy atom. The molecule has 0 aliphatic carbocycles. The molecule has 2 aromatic rings. The Morgan fingerprint density at radius 1 is 1.26 bits per heavy atom. The number of carbonyl (C=O) groups is 1. The van der Waals surface area contributed by atoms with E-state index in [1.54, 1.807) is 0 Å². The Hall–Kier alpha value is -2.59. The first-order valence-corrected chi connectivity index (χ1v) is 7.37. The van der Waals surface area contributed by atoms with Crippen LogP contribution in [0.4, 0.5) is 0 Å². The van der Waals surface area contributed by atoms with E-state index in [9.17, 15) is 9.90 Å². The molecule has 2 atom stereocenters. The molecule has 23 heavy (non-hydrogen) atoms. The standard InChI is InChI=1S/C19H18O4/c1-13-8-9-16-15(12-13)19(21,14-6-4-3-5-7-14)17(23-16)10-11-18(20)22-2/h3-12,17,21H,1-2H3. The number of carbonyl (C=O) groups excluding carboxylic acids is 1. The summed E-state index contributed by atoms with van der Waals surface area (Å²) in [6, 6.07) is 15.0. The third-order valence-corrected chi connectivity index (χ3v) is 4.03. The van der Waals surface area contributed by atoms with Crippen molar-refractivity contribution in [3.63, 3.8) is 0 Å². The quantitative estimate of drug-likeness (QED) is 0.699. The number of ether oxygens (including phenoxy) is 2. The van der Waals surface area contributed by atoms with E-state index in [2.05, 4.69) is 4.74 Å². The van der Waals surface area contributed by atoms with Gasteiger partial charge in [-0.15, -0.1) is 0 Å². The Bertz CT molecular complexity index is 751. The van der Waals surface area contributed by atoms with Crippen molar-refractivity contribution in [2.24, 2.45) is 0 Å². The number of hydrogen-bond donors (Lipinski definition) is 1. The highest BCUT2D eigenvalue weighted by molar-refractivity contribution is 5.82. The van der Waals surface area contributed by atoms with Crippen molar-refractivity contribution in [1.82, 2.24) is 0 Å². The molecule has 1 heterocycles. The molecule has 0 radical (unpaired) electrons. The van der Waals surface area contributed by atoms with Crippen molar-refractivity contribution in [2.75, 3.05) is 7.11 Å². The molecule has 0 bridgehead atoms. The van der Waals surface area contributed by atoms with Crippen molar-refractivity contribution in [3.8, 4) is 5.75 Å². The van der Waals surface area contributed by atoms with E-state index >= 15 is 0 Å². The van der Waals surface area contributed by atoms with Crippen molar-refractivity contribution in [3.05, 3.63) is 77.4 Å². The lowest BCUT2D eigenvalue weighted by atomic mass is 9.82. The van der Waals surface area contributed by atoms with Gasteiger partial charge in [-0.25, -0.2) is 4.79 Å². The lowest BCUT2D eigenvalue weighted by molar-refractivity contribution is -0.134. The van der Waals surface area contributed by atoms with Gasteiger partial charge >= 0.3 is 5.97 Å². The van der Waals surface area contributed by atoms with Crippen LogP contribution in [0.5, 0.6) is 5.75 Å². The fourth-order valence-corrected chi connectivity index (χ4v) is 2.84. The first-order chi connectivity index (χ1) is 11.1. The van der Waals surface area contributed by atoms with Crippen LogP contribution in [0.25, 0.3) is 0 Å². The summed E-state index contributed by atoms with van der Waals surface area (Å²) in [5.41, 5.74) is 1.08. The van der Waals surface area contributed by atoms with Gasteiger partial charge in [0.2, 0.25) is 0 Å². The highest BCUT2D eigenvalue weighted by Crippen LogP contribution is 2.46. The first-order valence-electron chi connectivity index (χ1n) is 7.37. The van der Waals surface area contributed by atoms with Crippen LogP contribution in [0.1, 0.15) is 16.7 Å². The molecule has 4 nitrogen and oxygen atoms in total. The molecular formula is C19H18O4. The van der Waals surface area contributed by atoms with Gasteiger partial charge in [-0.1, -0.05) is 42.0 Å². The number of esters is 1. The zero-order valence-corrected chi connectivity index (χ0v) is 13.0. The first kappa shape index (κ1) is 15.3. The van der Waals surface area contributed by atoms with Gasteiger partial charge in [0.15, 0.2) is 11.7 Å². The maximum atomic E-state index is 11.5. The van der Waals surface area contributed by atoms with Crippen LogP contribution in [0.15, 0.2) is 60.7 Å². The van der Waals surface area contributed by atoms with Gasteiger partial charge in [-0.3, -0.25) is 0 Å². The average molecular weight is 310 g/mol. The maximum Gasteiger partial charge on any atom is 0.330 e. The van der Waals surface area contributed by atoms with E-state index in [1.807, 2.05) is 55.5 Å². The molecular weight excluding hydrogens is 292 g/mol. The molecule has 0 aromatic heterocycles. The zero-order valence-electron chi connectivity index (χ0n) is 13.0. The molecule has 4 heteroatoms. The van der Waals surface area contributed by atoms with Crippen LogP contribution in [0.3, 0.4) is 0 Å². The Kier molecular flexibility index (Phi) is 3.92. The highest BCUT2D eigenvalue weighted by Gasteiger charge is 2.48. The Morgan fingerprint density at radius 2 is 2.00 bits per heavy atom. The molecule has 1 aliphatic heterocycles. The van der Waals surface area contributed by atoms with Crippen LogP contribution in [-0.4, -0.2) is 24.3 Å². The fraction of sp³-hybridized carbons (Fsp3) is 0.211. The molecule has 1 N–H and O–H groups in total. The molecule has 2 aromatic carbocycles. The monoisotopic (exact) mass is 310 g/mol. The predicted molar refractivity (Wildman–Crippen MR) is 86.2 cm³/mol. The maximum absolute atomic E-state index is 11.5. The molecule has 0 saturated carbocycles. The molecule has 0 fully saturated rings. The number of hydrogen-bond acceptors (Lipinski definition) is 4. The number of fused-ring (bicyclic) bond motifs is 1. The Balaban J connectivity index is 2.11. The second-order valence-corrected chi connectivity index (χ2v) is 5.55. The normalized spacial score (nSPS) is 22.7. The summed E-state index contributed by atoms with van der Waals surface area (Å²) in [5.74, 6) is 0.123. The van der Waals surface area contributed by atoms with E-state index in [4.69, 9.17) is 4.74 Å². The van der Waals surface area contributed by atoms with Gasteiger partial charge in [0.1, 0.15) is 5.75 Å². The number of aryl methyl sites for hydroxylation is 1. The van der Waals surface area contributed by atoms with E-state index < -0.39 is 17.7 Å². The summed E-state index contributed by atoms with van der Waals surface area (Å²) in [7, 11) is 1.31. The summed E-state index contributed by atoms with van der Waals surface area (Å²) in [5, 5.41) is 11.5. The van der Waals surface area contributed by atoms with Crippen LogP contribution in [0, 0.1) is 6.92 Å². The van der Waals surface area contributed by atoms with E-state index in [0.29, 0.717) is 16.9 Å². The van der Waals surface area contributed by atoms with Gasteiger partial charge < -0.3 is 14.6 Å². The zero-order chi connectivity index (χ0) is 16.4. The second kappa shape index (κ2) is 5.89. The van der Waals surface area contributed by atoms with Crippen LogP contribution in [-0.2, 0) is 15.1 Å². The van der Waals surface area contributed by atoms with Gasteiger partial charge in [0.05, 0.1) is 7.11 Å².